The van der Waals surface area contributed by atoms with Gasteiger partial charge in [0.25, 0.3) is 5.91 Å². The highest BCUT2D eigenvalue weighted by atomic mass is 19.4. The molecule has 1 aromatic rings. The number of nitrogens with one attached hydrogen (secondary N) is 1. The molecule has 1 aliphatic rings. The molecule has 0 heterocycles. The van der Waals surface area contributed by atoms with Crippen LogP contribution in [0.4, 0.5) is 13.2 Å². The average molecular weight is 326 g/mol. The number of halogens is 3. The second-order valence-corrected chi connectivity index (χ2v) is 5.50. The van der Waals surface area contributed by atoms with Crippen LogP contribution in [0.25, 0.3) is 0 Å². The summed E-state index contributed by atoms with van der Waals surface area (Å²) in [5.74, 6) is -1.88. The third kappa shape index (κ3) is 4.62. The van der Waals surface area contributed by atoms with E-state index in [-0.39, 0.29) is 17.7 Å². The van der Waals surface area contributed by atoms with Gasteiger partial charge in [-0.25, -0.2) is 0 Å². The molecule has 2 rings (SSSR count). The van der Waals surface area contributed by atoms with Gasteiger partial charge in [-0.2, -0.15) is 18.4 Å². The lowest BCUT2D eigenvalue weighted by atomic mass is 9.84. The van der Waals surface area contributed by atoms with Crippen molar-refractivity contribution in [3.63, 3.8) is 0 Å². The van der Waals surface area contributed by atoms with Gasteiger partial charge >= 0.3 is 6.18 Å². The lowest BCUT2D eigenvalue weighted by Crippen LogP contribution is -2.48. The second kappa shape index (κ2) is 7.36. The number of hydrogen-bond donors (Lipinski definition) is 1. The van der Waals surface area contributed by atoms with Crippen LogP contribution in [-0.4, -0.2) is 24.7 Å². The summed E-state index contributed by atoms with van der Waals surface area (Å²) in [6.07, 6.45) is -2.79. The standard InChI is InChI=1S/C16H17F3N2O2/c17-16(18,19)12-6-2-3-7-13(12)21-15(22)10-23-14-8-4-1-5-11(14)9-20/h1,4-5,8,12-13H,2-3,6-7,10H2,(H,21,22)/t12-,13-/m1/s1. The Morgan fingerprint density at radius 1 is 1.30 bits per heavy atom. The average Bonchev–Trinajstić information content (AvgIpc) is 2.52. The molecule has 1 fully saturated rings. The molecule has 1 aromatic carbocycles. The Bertz CT molecular complexity index is 596. The van der Waals surface area contributed by atoms with Gasteiger partial charge in [0.2, 0.25) is 0 Å². The summed E-state index contributed by atoms with van der Waals surface area (Å²) in [6, 6.07) is 7.38. The molecular weight excluding hydrogens is 309 g/mol. The summed E-state index contributed by atoms with van der Waals surface area (Å²) >= 11 is 0. The Kier molecular flexibility index (Phi) is 5.48. The molecular formula is C16H17F3N2O2. The zero-order valence-electron chi connectivity index (χ0n) is 12.4. The van der Waals surface area contributed by atoms with Crippen LogP contribution in [0.1, 0.15) is 31.2 Å². The number of ether oxygens (including phenoxy) is 1. The van der Waals surface area contributed by atoms with Crippen molar-refractivity contribution in [2.45, 2.75) is 37.9 Å². The molecule has 1 saturated carbocycles. The smallest absolute Gasteiger partial charge is 0.393 e. The van der Waals surface area contributed by atoms with E-state index >= 15 is 0 Å². The third-order valence-corrected chi connectivity index (χ3v) is 3.90. The van der Waals surface area contributed by atoms with E-state index in [4.69, 9.17) is 10.00 Å². The molecule has 0 saturated heterocycles. The molecule has 0 aliphatic heterocycles. The minimum absolute atomic E-state index is 0.0343. The fraction of sp³-hybridized carbons (Fsp3) is 0.500. The molecule has 1 aliphatic carbocycles. The molecule has 1 N–H and O–H groups in total. The summed E-state index contributed by atoms with van der Waals surface area (Å²) in [6.45, 7) is -0.417. The van der Waals surface area contributed by atoms with Gasteiger partial charge in [-0.05, 0) is 25.0 Å². The van der Waals surface area contributed by atoms with E-state index in [1.165, 1.54) is 12.1 Å². The highest BCUT2D eigenvalue weighted by molar-refractivity contribution is 5.78. The number of rotatable bonds is 4. The molecule has 4 nitrogen and oxygen atoms in total. The highest BCUT2D eigenvalue weighted by Gasteiger charge is 2.45. The molecule has 0 bridgehead atoms. The van der Waals surface area contributed by atoms with E-state index in [2.05, 4.69) is 5.32 Å². The van der Waals surface area contributed by atoms with Gasteiger partial charge in [-0.15, -0.1) is 0 Å². The van der Waals surface area contributed by atoms with E-state index in [1.54, 1.807) is 12.1 Å². The van der Waals surface area contributed by atoms with Crippen LogP contribution in [0.3, 0.4) is 0 Å². The van der Waals surface area contributed by atoms with Gasteiger partial charge < -0.3 is 10.1 Å². The maximum Gasteiger partial charge on any atom is 0.393 e. The minimum Gasteiger partial charge on any atom is -0.482 e. The summed E-state index contributed by atoms with van der Waals surface area (Å²) < 4.78 is 44.2. The number of hydrogen-bond acceptors (Lipinski definition) is 3. The van der Waals surface area contributed by atoms with Crippen molar-refractivity contribution in [1.82, 2.24) is 5.32 Å². The molecule has 0 spiro atoms. The molecule has 2 atom stereocenters. The van der Waals surface area contributed by atoms with Gasteiger partial charge in [0.1, 0.15) is 11.8 Å². The largest absolute Gasteiger partial charge is 0.482 e. The van der Waals surface area contributed by atoms with Gasteiger partial charge in [0, 0.05) is 6.04 Å². The number of carbonyl (C=O) groups excluding carboxylic acids is 1. The number of carbonyl (C=O) groups is 1. The van der Waals surface area contributed by atoms with Crippen molar-refractivity contribution in [1.29, 1.82) is 5.26 Å². The quantitative estimate of drug-likeness (QED) is 0.924. The molecule has 1 amide bonds. The van der Waals surface area contributed by atoms with Crippen LogP contribution in [-0.2, 0) is 4.79 Å². The molecule has 0 aromatic heterocycles. The second-order valence-electron chi connectivity index (χ2n) is 5.50. The van der Waals surface area contributed by atoms with Crippen LogP contribution in [0.15, 0.2) is 24.3 Å². The van der Waals surface area contributed by atoms with E-state index in [9.17, 15) is 18.0 Å². The number of nitrogens with zero attached hydrogens (tertiary/aromatic N) is 1. The monoisotopic (exact) mass is 326 g/mol. The van der Waals surface area contributed by atoms with Gasteiger partial charge in [-0.1, -0.05) is 25.0 Å². The van der Waals surface area contributed by atoms with Crippen molar-refractivity contribution in [3.8, 4) is 11.8 Å². The zero-order valence-corrected chi connectivity index (χ0v) is 12.4. The first-order chi connectivity index (χ1) is 10.9. The molecule has 0 unspecified atom stereocenters. The molecule has 23 heavy (non-hydrogen) atoms. The van der Waals surface area contributed by atoms with Crippen molar-refractivity contribution in [2.75, 3.05) is 6.61 Å². The first-order valence-corrected chi connectivity index (χ1v) is 7.40. The SMILES string of the molecule is N#Cc1ccccc1OCC(=O)N[C@@H]1CCCC[C@H]1C(F)(F)F. The first kappa shape index (κ1) is 17.1. The summed E-state index contributed by atoms with van der Waals surface area (Å²) in [5.41, 5.74) is 0.270. The van der Waals surface area contributed by atoms with Crippen LogP contribution >= 0.6 is 0 Å². The van der Waals surface area contributed by atoms with E-state index in [0.29, 0.717) is 19.3 Å². The topological polar surface area (TPSA) is 62.1 Å². The minimum atomic E-state index is -4.31. The first-order valence-electron chi connectivity index (χ1n) is 7.40. The lowest BCUT2D eigenvalue weighted by molar-refractivity contribution is -0.189. The van der Waals surface area contributed by atoms with E-state index in [1.807, 2.05) is 6.07 Å². The Hall–Kier alpha value is -2.23. The number of amides is 1. The number of nitriles is 1. The van der Waals surface area contributed by atoms with Crippen molar-refractivity contribution >= 4 is 5.91 Å². The number of alkyl halides is 3. The normalized spacial score (nSPS) is 21.3. The van der Waals surface area contributed by atoms with Crippen molar-refractivity contribution < 1.29 is 22.7 Å². The fourth-order valence-electron chi connectivity index (χ4n) is 2.77. The Labute approximate surface area is 132 Å². The zero-order chi connectivity index (χ0) is 16.9. The number of para-hydroxylation sites is 1. The Morgan fingerprint density at radius 2 is 2.00 bits per heavy atom. The summed E-state index contributed by atoms with van der Waals surface area (Å²) in [5, 5.41) is 11.3. The molecule has 0 radical (unpaired) electrons. The molecule has 7 heteroatoms. The van der Waals surface area contributed by atoms with Crippen molar-refractivity contribution in [3.05, 3.63) is 29.8 Å². The van der Waals surface area contributed by atoms with Crippen LogP contribution < -0.4 is 10.1 Å². The summed E-state index contributed by atoms with van der Waals surface area (Å²) in [7, 11) is 0. The van der Waals surface area contributed by atoms with Crippen molar-refractivity contribution in [2.24, 2.45) is 5.92 Å². The maximum atomic E-state index is 13.0. The van der Waals surface area contributed by atoms with Crippen LogP contribution in [0.5, 0.6) is 5.75 Å². The fourth-order valence-corrected chi connectivity index (χ4v) is 2.77. The lowest BCUT2D eigenvalue weighted by Gasteiger charge is -2.33. The Balaban J connectivity index is 1.92. The van der Waals surface area contributed by atoms with Gasteiger partial charge in [0.05, 0.1) is 11.5 Å². The number of benzene rings is 1. The predicted molar refractivity (Wildman–Crippen MR) is 76.6 cm³/mol. The Morgan fingerprint density at radius 3 is 2.70 bits per heavy atom. The summed E-state index contributed by atoms with van der Waals surface area (Å²) in [4.78, 5) is 11.9. The van der Waals surface area contributed by atoms with Gasteiger partial charge in [-0.3, -0.25) is 4.79 Å². The third-order valence-electron chi connectivity index (χ3n) is 3.90. The van der Waals surface area contributed by atoms with Gasteiger partial charge in [0.15, 0.2) is 6.61 Å². The van der Waals surface area contributed by atoms with Crippen LogP contribution in [0, 0.1) is 17.2 Å². The van der Waals surface area contributed by atoms with E-state index < -0.39 is 30.7 Å². The maximum absolute atomic E-state index is 13.0. The van der Waals surface area contributed by atoms with Crippen LogP contribution in [0.2, 0.25) is 0 Å². The molecule has 124 valence electrons. The highest BCUT2D eigenvalue weighted by Crippen LogP contribution is 2.37. The van der Waals surface area contributed by atoms with E-state index in [0.717, 1.165) is 0 Å². The predicted octanol–water partition coefficient (Wildman–Crippen LogP) is 3.17.